The van der Waals surface area contributed by atoms with Gasteiger partial charge in [-0.2, -0.15) is 0 Å². The van der Waals surface area contributed by atoms with Crippen LogP contribution in [0.15, 0.2) is 18.2 Å². The predicted molar refractivity (Wildman–Crippen MR) is 77.8 cm³/mol. The van der Waals surface area contributed by atoms with Crippen molar-refractivity contribution in [1.29, 1.82) is 0 Å². The molecular formula is C14H18ClN3O2. The van der Waals surface area contributed by atoms with Crippen LogP contribution < -0.4 is 16.8 Å². The van der Waals surface area contributed by atoms with Crippen LogP contribution in [0, 0.1) is 5.92 Å². The van der Waals surface area contributed by atoms with Gasteiger partial charge in [0, 0.05) is 29.3 Å². The number of hydrogen-bond acceptors (Lipinski definition) is 4. The Labute approximate surface area is 122 Å². The first-order chi connectivity index (χ1) is 9.58. The molecular weight excluding hydrogens is 278 g/mol. The molecule has 5 nitrogen and oxygen atoms in total. The summed E-state index contributed by atoms with van der Waals surface area (Å²) in [6, 6.07) is 4.99. The maximum Gasteiger partial charge on any atom is 0.250 e. The number of ether oxygens (including phenoxy) is 1. The van der Waals surface area contributed by atoms with E-state index in [0.29, 0.717) is 22.2 Å². The van der Waals surface area contributed by atoms with Crippen molar-refractivity contribution < 1.29 is 9.53 Å². The molecule has 1 amide bonds. The van der Waals surface area contributed by atoms with Crippen LogP contribution in [0.2, 0.25) is 5.02 Å². The summed E-state index contributed by atoms with van der Waals surface area (Å²) in [4.78, 5) is 11.5. The van der Waals surface area contributed by atoms with Gasteiger partial charge in [-0.15, -0.1) is 0 Å². The average molecular weight is 296 g/mol. The molecule has 1 heterocycles. The van der Waals surface area contributed by atoms with Crippen LogP contribution in [0.4, 0.5) is 5.69 Å². The summed E-state index contributed by atoms with van der Waals surface area (Å²) in [5, 5.41) is 3.83. The maximum absolute atomic E-state index is 11.5. The molecule has 2 aliphatic rings. The van der Waals surface area contributed by atoms with Gasteiger partial charge in [0.2, 0.25) is 0 Å². The SMILES string of the molecule is NC(=O)c1ccc(Cl)cc1NC1C(N)C2CCCOC21. The minimum absolute atomic E-state index is 0.00290. The Morgan fingerprint density at radius 2 is 2.25 bits per heavy atom. The zero-order valence-electron chi connectivity index (χ0n) is 11.0. The Bertz CT molecular complexity index is 537. The van der Waals surface area contributed by atoms with E-state index in [1.807, 2.05) is 0 Å². The third kappa shape index (κ3) is 2.26. The molecule has 20 heavy (non-hydrogen) atoms. The van der Waals surface area contributed by atoms with Gasteiger partial charge in [0.05, 0.1) is 17.7 Å². The Balaban J connectivity index is 1.81. The summed E-state index contributed by atoms with van der Waals surface area (Å²) >= 11 is 5.99. The van der Waals surface area contributed by atoms with Crippen molar-refractivity contribution in [2.24, 2.45) is 17.4 Å². The molecule has 1 aromatic carbocycles. The van der Waals surface area contributed by atoms with Crippen molar-refractivity contribution in [2.75, 3.05) is 11.9 Å². The number of primary amides is 1. The van der Waals surface area contributed by atoms with Gasteiger partial charge >= 0.3 is 0 Å². The lowest BCUT2D eigenvalue weighted by Crippen LogP contribution is -2.69. The van der Waals surface area contributed by atoms with E-state index in [-0.39, 0.29) is 18.2 Å². The number of nitrogens with one attached hydrogen (secondary N) is 1. The first-order valence-electron chi connectivity index (χ1n) is 6.81. The van der Waals surface area contributed by atoms with Crippen LogP contribution in [-0.2, 0) is 4.74 Å². The second-order valence-corrected chi connectivity index (χ2v) is 5.88. The van der Waals surface area contributed by atoms with Crippen molar-refractivity contribution >= 4 is 23.2 Å². The molecule has 4 unspecified atom stereocenters. The molecule has 2 fully saturated rings. The highest BCUT2D eigenvalue weighted by Gasteiger charge is 2.50. The fourth-order valence-corrected chi connectivity index (χ4v) is 3.33. The van der Waals surface area contributed by atoms with Gasteiger partial charge in [-0.1, -0.05) is 11.6 Å². The number of carbonyl (C=O) groups is 1. The van der Waals surface area contributed by atoms with Crippen molar-refractivity contribution in [3.05, 3.63) is 28.8 Å². The van der Waals surface area contributed by atoms with E-state index in [9.17, 15) is 4.79 Å². The van der Waals surface area contributed by atoms with Crippen LogP contribution in [-0.4, -0.2) is 30.7 Å². The largest absolute Gasteiger partial charge is 0.377 e. The minimum atomic E-state index is -0.488. The van der Waals surface area contributed by atoms with Crippen LogP contribution >= 0.6 is 11.6 Å². The minimum Gasteiger partial charge on any atom is -0.377 e. The summed E-state index contributed by atoms with van der Waals surface area (Å²) in [5.41, 5.74) is 12.6. The van der Waals surface area contributed by atoms with E-state index < -0.39 is 5.91 Å². The highest BCUT2D eigenvalue weighted by molar-refractivity contribution is 6.31. The highest BCUT2D eigenvalue weighted by atomic mass is 35.5. The summed E-state index contributed by atoms with van der Waals surface area (Å²) in [6.45, 7) is 0.768. The Morgan fingerprint density at radius 1 is 1.45 bits per heavy atom. The lowest BCUT2D eigenvalue weighted by Gasteiger charge is -2.52. The molecule has 1 saturated heterocycles. The van der Waals surface area contributed by atoms with Crippen LogP contribution in [0.25, 0.3) is 0 Å². The third-order valence-corrected chi connectivity index (χ3v) is 4.48. The molecule has 0 aromatic heterocycles. The fraction of sp³-hybridized carbons (Fsp3) is 0.500. The van der Waals surface area contributed by atoms with Gasteiger partial charge < -0.3 is 21.5 Å². The summed E-state index contributed by atoms with van der Waals surface area (Å²) in [6.07, 6.45) is 2.27. The van der Waals surface area contributed by atoms with Crippen molar-refractivity contribution in [3.8, 4) is 0 Å². The standard InChI is InChI=1S/C14H18ClN3O2/c15-7-3-4-8(14(17)19)10(6-7)18-12-11(16)9-2-1-5-20-13(9)12/h3-4,6,9,11-13,18H,1-2,5,16H2,(H2,17,19). The Kier molecular flexibility index (Phi) is 3.58. The lowest BCUT2D eigenvalue weighted by molar-refractivity contribution is -0.104. The lowest BCUT2D eigenvalue weighted by atomic mass is 9.68. The summed E-state index contributed by atoms with van der Waals surface area (Å²) < 4.78 is 5.77. The number of benzene rings is 1. The number of hydrogen-bond donors (Lipinski definition) is 3. The first kappa shape index (κ1) is 13.7. The summed E-state index contributed by atoms with van der Waals surface area (Å²) in [5.74, 6) is -0.0874. The topological polar surface area (TPSA) is 90.4 Å². The van der Waals surface area contributed by atoms with Crippen LogP contribution in [0.3, 0.4) is 0 Å². The predicted octanol–water partition coefficient (Wildman–Crippen LogP) is 1.36. The smallest absolute Gasteiger partial charge is 0.250 e. The monoisotopic (exact) mass is 295 g/mol. The van der Waals surface area contributed by atoms with Crippen molar-refractivity contribution in [2.45, 2.75) is 31.0 Å². The van der Waals surface area contributed by atoms with Gasteiger partial charge in [-0.05, 0) is 31.0 Å². The summed E-state index contributed by atoms with van der Waals surface area (Å²) in [7, 11) is 0. The van der Waals surface area contributed by atoms with Gasteiger partial charge in [-0.25, -0.2) is 0 Å². The molecule has 0 spiro atoms. The number of nitrogens with two attached hydrogens (primary N) is 2. The average Bonchev–Trinajstić information content (AvgIpc) is 2.44. The molecule has 4 atom stereocenters. The van der Waals surface area contributed by atoms with E-state index in [4.69, 9.17) is 27.8 Å². The maximum atomic E-state index is 11.5. The van der Waals surface area contributed by atoms with E-state index in [2.05, 4.69) is 5.32 Å². The van der Waals surface area contributed by atoms with E-state index >= 15 is 0 Å². The van der Waals surface area contributed by atoms with Gasteiger partial charge in [-0.3, -0.25) is 4.79 Å². The van der Waals surface area contributed by atoms with Crippen molar-refractivity contribution in [3.63, 3.8) is 0 Å². The second-order valence-electron chi connectivity index (χ2n) is 5.44. The molecule has 0 bridgehead atoms. The normalized spacial score (nSPS) is 32.1. The van der Waals surface area contributed by atoms with Gasteiger partial charge in [0.15, 0.2) is 0 Å². The van der Waals surface area contributed by atoms with Gasteiger partial charge in [0.25, 0.3) is 5.91 Å². The van der Waals surface area contributed by atoms with Gasteiger partial charge in [0.1, 0.15) is 0 Å². The molecule has 0 radical (unpaired) electrons. The molecule has 108 valence electrons. The molecule has 5 N–H and O–H groups in total. The van der Waals surface area contributed by atoms with Crippen LogP contribution in [0.1, 0.15) is 23.2 Å². The highest BCUT2D eigenvalue weighted by Crippen LogP contribution is 2.39. The Morgan fingerprint density at radius 3 is 3.00 bits per heavy atom. The molecule has 1 aliphatic heterocycles. The molecule has 1 aromatic rings. The third-order valence-electron chi connectivity index (χ3n) is 4.25. The second kappa shape index (κ2) is 5.24. The zero-order chi connectivity index (χ0) is 14.3. The number of fused-ring (bicyclic) bond motifs is 1. The first-order valence-corrected chi connectivity index (χ1v) is 7.19. The fourth-order valence-electron chi connectivity index (χ4n) is 3.16. The number of halogens is 1. The zero-order valence-corrected chi connectivity index (χ0v) is 11.8. The molecule has 1 saturated carbocycles. The number of carbonyl (C=O) groups excluding carboxylic acids is 1. The molecule has 6 heteroatoms. The number of anilines is 1. The number of amides is 1. The Hall–Kier alpha value is -1.30. The van der Waals surface area contributed by atoms with Crippen molar-refractivity contribution in [1.82, 2.24) is 0 Å². The van der Waals surface area contributed by atoms with E-state index in [1.165, 1.54) is 0 Å². The van der Waals surface area contributed by atoms with E-state index in [0.717, 1.165) is 19.4 Å². The van der Waals surface area contributed by atoms with Crippen LogP contribution in [0.5, 0.6) is 0 Å². The molecule has 3 rings (SSSR count). The number of rotatable bonds is 3. The molecule has 1 aliphatic carbocycles. The van der Waals surface area contributed by atoms with E-state index in [1.54, 1.807) is 18.2 Å². The quantitative estimate of drug-likeness (QED) is 0.785.